The summed E-state index contributed by atoms with van der Waals surface area (Å²) in [6.45, 7) is 2.05. The van der Waals surface area contributed by atoms with Gasteiger partial charge in [-0.1, -0.05) is 5.10 Å². The standard InChI is InChI=1S/C9H18N6/c1-10-7-8-5-3-4-6-15(8)9-11-12-13-14(9)2/h8,10H,3-7H2,1-2H3. The van der Waals surface area contributed by atoms with Gasteiger partial charge in [0, 0.05) is 26.2 Å². The number of tetrazole rings is 1. The lowest BCUT2D eigenvalue weighted by Crippen LogP contribution is -2.46. The average Bonchev–Trinajstić information content (AvgIpc) is 2.66. The van der Waals surface area contributed by atoms with Gasteiger partial charge in [-0.15, -0.1) is 0 Å². The highest BCUT2D eigenvalue weighted by Gasteiger charge is 2.25. The molecule has 1 aliphatic heterocycles. The molecule has 1 aliphatic rings. The Hall–Kier alpha value is -1.17. The number of hydrogen-bond acceptors (Lipinski definition) is 5. The predicted octanol–water partition coefficient (Wildman–Crippen LogP) is -0.212. The molecule has 6 nitrogen and oxygen atoms in total. The van der Waals surface area contributed by atoms with Gasteiger partial charge in [-0.25, -0.2) is 4.68 Å². The van der Waals surface area contributed by atoms with E-state index in [2.05, 4.69) is 25.7 Å². The lowest BCUT2D eigenvalue weighted by molar-refractivity contribution is 0.435. The van der Waals surface area contributed by atoms with Crippen LogP contribution in [0.1, 0.15) is 19.3 Å². The fraction of sp³-hybridized carbons (Fsp3) is 0.889. The molecule has 6 heteroatoms. The van der Waals surface area contributed by atoms with E-state index < -0.39 is 0 Å². The summed E-state index contributed by atoms with van der Waals surface area (Å²) in [6.07, 6.45) is 3.74. The lowest BCUT2D eigenvalue weighted by Gasteiger charge is -2.35. The largest absolute Gasteiger partial charge is 0.335 e. The van der Waals surface area contributed by atoms with Crippen LogP contribution in [0.15, 0.2) is 0 Å². The fourth-order valence-electron chi connectivity index (χ4n) is 2.18. The molecule has 0 aliphatic carbocycles. The number of aryl methyl sites for hydroxylation is 1. The van der Waals surface area contributed by atoms with E-state index in [0.717, 1.165) is 19.0 Å². The monoisotopic (exact) mass is 210 g/mol. The molecule has 0 radical (unpaired) electrons. The SMILES string of the molecule is CNCC1CCCCN1c1nnnn1C. The molecule has 0 saturated carbocycles. The summed E-state index contributed by atoms with van der Waals surface area (Å²) in [7, 11) is 3.88. The summed E-state index contributed by atoms with van der Waals surface area (Å²) in [5, 5.41) is 14.9. The Labute approximate surface area is 89.6 Å². The first-order chi connectivity index (χ1) is 7.33. The zero-order valence-corrected chi connectivity index (χ0v) is 9.35. The fourth-order valence-corrected chi connectivity index (χ4v) is 2.18. The Bertz CT molecular complexity index is 307. The van der Waals surface area contributed by atoms with E-state index in [1.54, 1.807) is 4.68 Å². The minimum Gasteiger partial charge on any atom is -0.335 e. The Balaban J connectivity index is 2.14. The van der Waals surface area contributed by atoms with Crippen molar-refractivity contribution in [2.75, 3.05) is 25.0 Å². The van der Waals surface area contributed by atoms with E-state index in [4.69, 9.17) is 0 Å². The third-order valence-corrected chi connectivity index (χ3v) is 2.92. The first-order valence-electron chi connectivity index (χ1n) is 5.46. The summed E-state index contributed by atoms with van der Waals surface area (Å²) >= 11 is 0. The molecule has 0 amide bonds. The normalized spacial score (nSPS) is 22.0. The zero-order chi connectivity index (χ0) is 10.7. The third kappa shape index (κ3) is 2.09. The number of nitrogens with zero attached hydrogens (tertiary/aromatic N) is 5. The van der Waals surface area contributed by atoms with E-state index in [9.17, 15) is 0 Å². The molecule has 0 spiro atoms. The Kier molecular flexibility index (Phi) is 3.15. The van der Waals surface area contributed by atoms with E-state index in [-0.39, 0.29) is 0 Å². The molecular weight excluding hydrogens is 192 g/mol. The molecule has 1 N–H and O–H groups in total. The van der Waals surface area contributed by atoms with Gasteiger partial charge in [0.15, 0.2) is 0 Å². The number of hydrogen-bond donors (Lipinski definition) is 1. The van der Waals surface area contributed by atoms with Gasteiger partial charge in [0.2, 0.25) is 5.95 Å². The number of aromatic nitrogens is 4. The minimum absolute atomic E-state index is 0.522. The van der Waals surface area contributed by atoms with E-state index in [0.29, 0.717) is 6.04 Å². The first-order valence-corrected chi connectivity index (χ1v) is 5.46. The van der Waals surface area contributed by atoms with Crippen molar-refractivity contribution < 1.29 is 0 Å². The van der Waals surface area contributed by atoms with Crippen LogP contribution in [0.4, 0.5) is 5.95 Å². The molecule has 1 aromatic heterocycles. The van der Waals surface area contributed by atoms with Crippen molar-refractivity contribution in [1.82, 2.24) is 25.5 Å². The highest BCUT2D eigenvalue weighted by Crippen LogP contribution is 2.21. The van der Waals surface area contributed by atoms with Crippen molar-refractivity contribution in [2.24, 2.45) is 7.05 Å². The van der Waals surface area contributed by atoms with Crippen molar-refractivity contribution in [3.63, 3.8) is 0 Å². The molecule has 1 fully saturated rings. The highest BCUT2D eigenvalue weighted by atomic mass is 15.6. The summed E-state index contributed by atoms with van der Waals surface area (Å²) in [5.41, 5.74) is 0. The van der Waals surface area contributed by atoms with Crippen molar-refractivity contribution >= 4 is 5.95 Å². The maximum atomic E-state index is 4.07. The molecular formula is C9H18N6. The van der Waals surface area contributed by atoms with Crippen LogP contribution in [0.25, 0.3) is 0 Å². The van der Waals surface area contributed by atoms with Gasteiger partial charge in [-0.3, -0.25) is 0 Å². The molecule has 1 aromatic rings. The topological polar surface area (TPSA) is 58.9 Å². The van der Waals surface area contributed by atoms with Crippen LogP contribution in [-0.2, 0) is 7.05 Å². The second-order valence-electron chi connectivity index (χ2n) is 4.00. The summed E-state index contributed by atoms with van der Waals surface area (Å²) < 4.78 is 1.74. The van der Waals surface area contributed by atoms with Crippen LogP contribution >= 0.6 is 0 Å². The third-order valence-electron chi connectivity index (χ3n) is 2.92. The Morgan fingerprint density at radius 3 is 3.00 bits per heavy atom. The molecule has 1 atom stereocenters. The van der Waals surface area contributed by atoms with Crippen molar-refractivity contribution in [3.05, 3.63) is 0 Å². The summed E-state index contributed by atoms with van der Waals surface area (Å²) in [4.78, 5) is 2.31. The average molecular weight is 210 g/mol. The van der Waals surface area contributed by atoms with Crippen LogP contribution in [0.3, 0.4) is 0 Å². The molecule has 0 aromatic carbocycles. The van der Waals surface area contributed by atoms with Gasteiger partial charge < -0.3 is 10.2 Å². The van der Waals surface area contributed by atoms with Gasteiger partial charge in [-0.05, 0) is 36.7 Å². The smallest absolute Gasteiger partial charge is 0.245 e. The zero-order valence-electron chi connectivity index (χ0n) is 9.35. The van der Waals surface area contributed by atoms with E-state index in [1.165, 1.54) is 19.3 Å². The van der Waals surface area contributed by atoms with Gasteiger partial charge in [0.25, 0.3) is 0 Å². The van der Waals surface area contributed by atoms with E-state index >= 15 is 0 Å². The number of likely N-dealkylation sites (N-methyl/N-ethyl adjacent to an activating group) is 1. The second-order valence-corrected chi connectivity index (χ2v) is 4.00. The van der Waals surface area contributed by atoms with E-state index in [1.807, 2.05) is 14.1 Å². The molecule has 2 rings (SSSR count). The number of rotatable bonds is 3. The van der Waals surface area contributed by atoms with Crippen molar-refractivity contribution in [3.8, 4) is 0 Å². The van der Waals surface area contributed by atoms with Crippen molar-refractivity contribution in [1.29, 1.82) is 0 Å². The highest BCUT2D eigenvalue weighted by molar-refractivity contribution is 5.30. The molecule has 0 bridgehead atoms. The quantitative estimate of drug-likeness (QED) is 0.748. The Morgan fingerprint density at radius 2 is 2.33 bits per heavy atom. The van der Waals surface area contributed by atoms with Crippen LogP contribution in [0.5, 0.6) is 0 Å². The maximum Gasteiger partial charge on any atom is 0.245 e. The lowest BCUT2D eigenvalue weighted by atomic mass is 10.0. The number of anilines is 1. The van der Waals surface area contributed by atoms with Gasteiger partial charge in [0.1, 0.15) is 0 Å². The number of piperidine rings is 1. The number of nitrogens with one attached hydrogen (secondary N) is 1. The molecule has 84 valence electrons. The summed E-state index contributed by atoms with van der Waals surface area (Å²) in [5.74, 6) is 0.884. The maximum absolute atomic E-state index is 4.07. The summed E-state index contributed by atoms with van der Waals surface area (Å²) in [6, 6.07) is 0.522. The Morgan fingerprint density at radius 1 is 1.47 bits per heavy atom. The van der Waals surface area contributed by atoms with Crippen LogP contribution < -0.4 is 10.2 Å². The second kappa shape index (κ2) is 4.57. The van der Waals surface area contributed by atoms with Gasteiger partial charge >= 0.3 is 0 Å². The molecule has 2 heterocycles. The van der Waals surface area contributed by atoms with Gasteiger partial charge in [0.05, 0.1) is 0 Å². The first kappa shape index (κ1) is 10.4. The minimum atomic E-state index is 0.522. The van der Waals surface area contributed by atoms with Crippen LogP contribution in [0, 0.1) is 0 Å². The van der Waals surface area contributed by atoms with Crippen LogP contribution in [0.2, 0.25) is 0 Å². The molecule has 15 heavy (non-hydrogen) atoms. The molecule has 1 saturated heterocycles. The van der Waals surface area contributed by atoms with Crippen molar-refractivity contribution in [2.45, 2.75) is 25.3 Å². The van der Waals surface area contributed by atoms with Gasteiger partial charge in [-0.2, -0.15) is 0 Å². The molecule has 1 unspecified atom stereocenters. The predicted molar refractivity (Wildman–Crippen MR) is 57.7 cm³/mol. The van der Waals surface area contributed by atoms with Crippen LogP contribution in [-0.4, -0.2) is 46.4 Å².